The van der Waals surface area contributed by atoms with E-state index in [1.165, 1.54) is 12.0 Å². The number of carbonyl (C=O) groups is 1. The van der Waals surface area contributed by atoms with Crippen molar-refractivity contribution in [2.45, 2.75) is 39.5 Å². The van der Waals surface area contributed by atoms with Gasteiger partial charge < -0.3 is 19.3 Å². The van der Waals surface area contributed by atoms with Gasteiger partial charge in [0.05, 0.1) is 24.0 Å². The number of aliphatic hydroxyl groups excluding tert-OH is 1. The van der Waals surface area contributed by atoms with Gasteiger partial charge in [-0.3, -0.25) is 9.69 Å². The second-order valence-corrected chi connectivity index (χ2v) is 8.07. The fourth-order valence-electron chi connectivity index (χ4n) is 3.50. The predicted molar refractivity (Wildman–Crippen MR) is 103 cm³/mol. The average Bonchev–Trinajstić information content (AvgIpc) is 3.19. The molecular weight excluding hydrogens is 366 g/mol. The number of likely N-dealkylation sites (N-methyl/N-ethyl adjacent to an activating group) is 1. The lowest BCUT2D eigenvalue weighted by molar-refractivity contribution is 0.0380. The van der Waals surface area contributed by atoms with Gasteiger partial charge in [-0.2, -0.15) is 0 Å². The fourth-order valence-corrected chi connectivity index (χ4v) is 4.61. The highest BCUT2D eigenvalue weighted by Crippen LogP contribution is 2.30. The molecule has 0 unspecified atom stereocenters. The summed E-state index contributed by atoms with van der Waals surface area (Å²) >= 11 is 1.64. The Morgan fingerprint density at radius 1 is 1.52 bits per heavy atom. The van der Waals surface area contributed by atoms with E-state index < -0.39 is 6.10 Å². The Bertz CT molecular complexity index is 781. The number of hydrogen-bond acceptors (Lipinski definition) is 7. The molecular formula is C19H27N3O4S. The van der Waals surface area contributed by atoms with Crippen LogP contribution in [0.3, 0.4) is 0 Å². The third-order valence-electron chi connectivity index (χ3n) is 5.01. The number of methoxy groups -OCH3 is 1. The van der Waals surface area contributed by atoms with Gasteiger partial charge in [0.15, 0.2) is 0 Å². The zero-order valence-corrected chi connectivity index (χ0v) is 17.1. The standard InChI is InChI=1S/C19H27N3O4S/c1-12-16(13(2)26-20-12)8-22-6-5-15-17(11-27-18(15)9-22)19(24)21(3)7-14(23)10-25-4/h11,14,23H,5-10H2,1-4H3/t14-/m0/s1. The minimum atomic E-state index is -0.677. The van der Waals surface area contributed by atoms with E-state index >= 15 is 0 Å². The molecule has 1 N–H and O–H groups in total. The molecule has 7 nitrogen and oxygen atoms in total. The lowest BCUT2D eigenvalue weighted by Gasteiger charge is -2.27. The quantitative estimate of drug-likeness (QED) is 0.775. The van der Waals surface area contributed by atoms with Crippen LogP contribution in [0.25, 0.3) is 0 Å². The summed E-state index contributed by atoms with van der Waals surface area (Å²) in [5, 5.41) is 15.9. The first kappa shape index (κ1) is 20.0. The molecule has 2 aromatic rings. The fraction of sp³-hybridized carbons (Fsp3) is 0.579. The molecule has 0 saturated carbocycles. The van der Waals surface area contributed by atoms with E-state index in [2.05, 4.69) is 10.1 Å². The van der Waals surface area contributed by atoms with E-state index in [1.807, 2.05) is 19.2 Å². The summed E-state index contributed by atoms with van der Waals surface area (Å²) in [6.45, 7) is 6.92. The SMILES string of the molecule is COC[C@@H](O)CN(C)C(=O)c1csc2c1CCN(Cc1c(C)noc1C)C2. The van der Waals surface area contributed by atoms with Gasteiger partial charge in [0.1, 0.15) is 5.76 Å². The summed E-state index contributed by atoms with van der Waals surface area (Å²) in [5.74, 6) is 0.832. The van der Waals surface area contributed by atoms with Crippen LogP contribution in [-0.2, 0) is 24.2 Å². The van der Waals surface area contributed by atoms with Crippen molar-refractivity contribution in [3.63, 3.8) is 0 Å². The molecule has 1 aliphatic heterocycles. The van der Waals surface area contributed by atoms with Crippen molar-refractivity contribution in [1.82, 2.24) is 15.0 Å². The number of ether oxygens (including phenoxy) is 1. The highest BCUT2D eigenvalue weighted by atomic mass is 32.1. The Kier molecular flexibility index (Phi) is 6.31. The summed E-state index contributed by atoms with van der Waals surface area (Å²) in [5.41, 5.74) is 4.00. The Hall–Kier alpha value is -1.74. The number of aryl methyl sites for hydroxylation is 2. The summed E-state index contributed by atoms with van der Waals surface area (Å²) in [6, 6.07) is 0. The van der Waals surface area contributed by atoms with Gasteiger partial charge in [-0.25, -0.2) is 0 Å². The lowest BCUT2D eigenvalue weighted by atomic mass is 10.0. The molecule has 0 aliphatic carbocycles. The van der Waals surface area contributed by atoms with Crippen LogP contribution in [0.1, 0.15) is 37.8 Å². The van der Waals surface area contributed by atoms with Crippen molar-refractivity contribution < 1.29 is 19.2 Å². The minimum Gasteiger partial charge on any atom is -0.389 e. The van der Waals surface area contributed by atoms with Gasteiger partial charge >= 0.3 is 0 Å². The third kappa shape index (κ3) is 4.40. The number of aliphatic hydroxyl groups is 1. The second-order valence-electron chi connectivity index (χ2n) is 7.11. The molecule has 148 valence electrons. The van der Waals surface area contributed by atoms with Crippen LogP contribution in [0, 0.1) is 13.8 Å². The number of carbonyl (C=O) groups excluding carboxylic acids is 1. The van der Waals surface area contributed by atoms with Crippen LogP contribution in [0.5, 0.6) is 0 Å². The van der Waals surface area contributed by atoms with Gasteiger partial charge in [0, 0.05) is 56.2 Å². The summed E-state index contributed by atoms with van der Waals surface area (Å²) < 4.78 is 10.2. The molecule has 1 atom stereocenters. The first-order valence-electron chi connectivity index (χ1n) is 9.06. The number of thiophene rings is 1. The van der Waals surface area contributed by atoms with E-state index in [4.69, 9.17) is 9.26 Å². The maximum absolute atomic E-state index is 12.8. The van der Waals surface area contributed by atoms with Gasteiger partial charge in [0.2, 0.25) is 0 Å². The molecule has 1 aliphatic rings. The Morgan fingerprint density at radius 3 is 2.96 bits per heavy atom. The molecule has 0 radical (unpaired) electrons. The van der Waals surface area contributed by atoms with Crippen molar-refractivity contribution in [3.8, 4) is 0 Å². The zero-order valence-electron chi connectivity index (χ0n) is 16.3. The van der Waals surface area contributed by atoms with E-state index in [0.717, 1.165) is 54.2 Å². The molecule has 0 spiro atoms. The summed E-state index contributed by atoms with van der Waals surface area (Å²) in [6.07, 6.45) is 0.168. The number of hydrogen-bond donors (Lipinski definition) is 1. The van der Waals surface area contributed by atoms with Gasteiger partial charge in [0.25, 0.3) is 5.91 Å². The maximum atomic E-state index is 12.8. The smallest absolute Gasteiger partial charge is 0.254 e. The topological polar surface area (TPSA) is 79.0 Å². The van der Waals surface area contributed by atoms with Crippen molar-refractivity contribution in [2.24, 2.45) is 0 Å². The summed E-state index contributed by atoms with van der Waals surface area (Å²) in [4.78, 5) is 18.0. The number of amides is 1. The molecule has 0 fully saturated rings. The van der Waals surface area contributed by atoms with Gasteiger partial charge in [-0.15, -0.1) is 11.3 Å². The largest absolute Gasteiger partial charge is 0.389 e. The van der Waals surface area contributed by atoms with Gasteiger partial charge in [-0.1, -0.05) is 5.16 Å². The first-order valence-corrected chi connectivity index (χ1v) is 9.94. The predicted octanol–water partition coefficient (Wildman–Crippen LogP) is 1.99. The second kappa shape index (κ2) is 8.52. The van der Waals surface area contributed by atoms with Gasteiger partial charge in [-0.05, 0) is 25.8 Å². The van der Waals surface area contributed by atoms with Crippen LogP contribution >= 0.6 is 11.3 Å². The molecule has 27 heavy (non-hydrogen) atoms. The average molecular weight is 394 g/mol. The van der Waals surface area contributed by atoms with Crippen molar-refractivity contribution in [1.29, 1.82) is 0 Å². The normalized spacial score (nSPS) is 15.6. The third-order valence-corrected chi connectivity index (χ3v) is 6.02. The zero-order chi connectivity index (χ0) is 19.6. The molecule has 3 heterocycles. The molecule has 0 saturated heterocycles. The lowest BCUT2D eigenvalue weighted by Crippen LogP contribution is -2.37. The molecule has 3 rings (SSSR count). The van der Waals surface area contributed by atoms with Crippen LogP contribution < -0.4 is 0 Å². The first-order chi connectivity index (χ1) is 12.9. The van der Waals surface area contributed by atoms with Crippen molar-refractivity contribution >= 4 is 17.2 Å². The molecule has 2 aromatic heterocycles. The highest BCUT2D eigenvalue weighted by molar-refractivity contribution is 7.10. The van der Waals surface area contributed by atoms with Crippen molar-refractivity contribution in [2.75, 3.05) is 33.9 Å². The van der Waals surface area contributed by atoms with E-state index in [1.54, 1.807) is 23.3 Å². The number of rotatable bonds is 7. The number of aromatic nitrogens is 1. The Labute approximate surface area is 163 Å². The van der Waals surface area contributed by atoms with Crippen LogP contribution in [0.15, 0.2) is 9.90 Å². The number of fused-ring (bicyclic) bond motifs is 1. The molecule has 0 bridgehead atoms. The maximum Gasteiger partial charge on any atom is 0.254 e. The molecule has 1 amide bonds. The van der Waals surface area contributed by atoms with E-state index in [-0.39, 0.29) is 19.1 Å². The van der Waals surface area contributed by atoms with Crippen molar-refractivity contribution in [3.05, 3.63) is 38.4 Å². The highest BCUT2D eigenvalue weighted by Gasteiger charge is 2.27. The minimum absolute atomic E-state index is 0.0400. The number of nitrogens with zero attached hydrogens (tertiary/aromatic N) is 3. The summed E-state index contributed by atoms with van der Waals surface area (Å²) in [7, 11) is 3.26. The monoisotopic (exact) mass is 393 g/mol. The van der Waals surface area contributed by atoms with Crippen LogP contribution in [0.2, 0.25) is 0 Å². The van der Waals surface area contributed by atoms with Crippen LogP contribution in [0.4, 0.5) is 0 Å². The molecule has 8 heteroatoms. The molecule has 0 aromatic carbocycles. The van der Waals surface area contributed by atoms with E-state index in [9.17, 15) is 9.90 Å². The Balaban J connectivity index is 1.67. The van der Waals surface area contributed by atoms with E-state index in [0.29, 0.717) is 0 Å². The van der Waals surface area contributed by atoms with Crippen LogP contribution in [-0.4, -0.2) is 65.9 Å². The Morgan fingerprint density at radius 2 is 2.30 bits per heavy atom.